The van der Waals surface area contributed by atoms with E-state index in [1.807, 2.05) is 11.0 Å². The molecule has 1 N–H and O–H groups in total. The molecule has 0 unspecified atom stereocenters. The highest BCUT2D eigenvalue weighted by atomic mass is 16.2. The van der Waals surface area contributed by atoms with Gasteiger partial charge in [0, 0.05) is 61.0 Å². The maximum absolute atomic E-state index is 12.8. The van der Waals surface area contributed by atoms with Crippen molar-refractivity contribution in [3.8, 4) is 0 Å². The molecule has 3 rings (SSSR count). The van der Waals surface area contributed by atoms with Crippen LogP contribution in [0.2, 0.25) is 0 Å². The lowest BCUT2D eigenvalue weighted by Gasteiger charge is -2.34. The number of fused-ring (bicyclic) bond motifs is 1. The number of amides is 2. The first-order valence-corrected chi connectivity index (χ1v) is 10.1. The number of benzene rings is 1. The van der Waals surface area contributed by atoms with E-state index in [2.05, 4.69) is 73.8 Å². The standard InChI is InChI=1S/C22H34N4O/c1-17(2)16-25-12-9-18-15-19(7-8-20(18)25)23-21(27)24-10-6-11-26(14-13-24)22(3,4)5/h7-9,12,15,17H,6,10-11,13-14,16H2,1-5H3,(H,23,27). The predicted molar refractivity (Wildman–Crippen MR) is 113 cm³/mol. The summed E-state index contributed by atoms with van der Waals surface area (Å²) in [6.07, 6.45) is 3.15. The van der Waals surface area contributed by atoms with Gasteiger partial charge in [0.2, 0.25) is 0 Å². The summed E-state index contributed by atoms with van der Waals surface area (Å²) in [5.41, 5.74) is 2.24. The fourth-order valence-electron chi connectivity index (χ4n) is 3.82. The van der Waals surface area contributed by atoms with Crippen LogP contribution in [0.5, 0.6) is 0 Å². The highest BCUT2D eigenvalue weighted by Gasteiger charge is 2.25. The zero-order chi connectivity index (χ0) is 19.6. The molecular weight excluding hydrogens is 336 g/mol. The molecule has 0 bridgehead atoms. The van der Waals surface area contributed by atoms with E-state index in [9.17, 15) is 4.79 Å². The van der Waals surface area contributed by atoms with Gasteiger partial charge in [-0.1, -0.05) is 13.8 Å². The molecule has 0 saturated carbocycles. The average molecular weight is 371 g/mol. The number of carbonyl (C=O) groups excluding carboxylic acids is 1. The average Bonchev–Trinajstić information content (AvgIpc) is 2.81. The number of nitrogens with one attached hydrogen (secondary N) is 1. The molecule has 0 aliphatic carbocycles. The third-order valence-corrected chi connectivity index (χ3v) is 5.32. The summed E-state index contributed by atoms with van der Waals surface area (Å²) < 4.78 is 2.28. The van der Waals surface area contributed by atoms with Crippen LogP contribution in [0.4, 0.5) is 10.5 Å². The molecule has 1 fully saturated rings. The smallest absolute Gasteiger partial charge is 0.321 e. The fraction of sp³-hybridized carbons (Fsp3) is 0.591. The zero-order valence-corrected chi connectivity index (χ0v) is 17.5. The van der Waals surface area contributed by atoms with E-state index in [4.69, 9.17) is 0 Å². The Labute approximate surface area is 163 Å². The van der Waals surface area contributed by atoms with E-state index < -0.39 is 0 Å². The van der Waals surface area contributed by atoms with Gasteiger partial charge in [-0.25, -0.2) is 4.79 Å². The molecule has 1 aromatic carbocycles. The highest BCUT2D eigenvalue weighted by molar-refractivity contribution is 5.93. The molecule has 0 radical (unpaired) electrons. The van der Waals surface area contributed by atoms with Crippen molar-refractivity contribution in [2.45, 2.75) is 53.1 Å². The zero-order valence-electron chi connectivity index (χ0n) is 17.5. The van der Waals surface area contributed by atoms with Gasteiger partial charge in [-0.05, 0) is 57.4 Å². The van der Waals surface area contributed by atoms with Gasteiger partial charge in [-0.3, -0.25) is 4.90 Å². The molecule has 0 atom stereocenters. The Morgan fingerprint density at radius 2 is 1.89 bits per heavy atom. The molecule has 1 saturated heterocycles. The molecule has 148 valence electrons. The van der Waals surface area contributed by atoms with Gasteiger partial charge in [0.05, 0.1) is 0 Å². The topological polar surface area (TPSA) is 40.5 Å². The first-order valence-electron chi connectivity index (χ1n) is 10.1. The molecule has 1 aromatic heterocycles. The van der Waals surface area contributed by atoms with Gasteiger partial charge >= 0.3 is 6.03 Å². The van der Waals surface area contributed by atoms with E-state index in [1.54, 1.807) is 0 Å². The number of rotatable bonds is 3. The minimum atomic E-state index is 0.00622. The van der Waals surface area contributed by atoms with Gasteiger partial charge < -0.3 is 14.8 Å². The Morgan fingerprint density at radius 1 is 1.11 bits per heavy atom. The molecule has 2 amide bonds. The predicted octanol–water partition coefficient (Wildman–Crippen LogP) is 4.64. The van der Waals surface area contributed by atoms with Crippen molar-refractivity contribution in [2.24, 2.45) is 5.92 Å². The number of hydrogen-bond donors (Lipinski definition) is 1. The lowest BCUT2D eigenvalue weighted by Crippen LogP contribution is -2.44. The maximum Gasteiger partial charge on any atom is 0.321 e. The molecule has 5 heteroatoms. The SMILES string of the molecule is CC(C)Cn1ccc2cc(NC(=O)N3CCCN(C(C)(C)C)CC3)ccc21. The molecule has 0 spiro atoms. The van der Waals surface area contributed by atoms with Crippen LogP contribution in [0.3, 0.4) is 0 Å². The molecule has 1 aliphatic rings. The summed E-state index contributed by atoms with van der Waals surface area (Å²) in [6.45, 7) is 15.7. The van der Waals surface area contributed by atoms with Crippen LogP contribution in [-0.4, -0.2) is 52.1 Å². The van der Waals surface area contributed by atoms with Crippen LogP contribution in [-0.2, 0) is 6.54 Å². The summed E-state index contributed by atoms with van der Waals surface area (Å²) >= 11 is 0. The van der Waals surface area contributed by atoms with Crippen molar-refractivity contribution in [1.82, 2.24) is 14.4 Å². The molecule has 27 heavy (non-hydrogen) atoms. The first kappa shape index (κ1) is 19.7. The Balaban J connectivity index is 1.65. The summed E-state index contributed by atoms with van der Waals surface area (Å²) in [5.74, 6) is 0.607. The van der Waals surface area contributed by atoms with Crippen molar-refractivity contribution >= 4 is 22.6 Å². The van der Waals surface area contributed by atoms with Crippen molar-refractivity contribution < 1.29 is 4.79 Å². The number of nitrogens with zero attached hydrogens (tertiary/aromatic N) is 3. The van der Waals surface area contributed by atoms with Crippen LogP contribution in [0.1, 0.15) is 41.0 Å². The van der Waals surface area contributed by atoms with Crippen LogP contribution in [0, 0.1) is 5.92 Å². The lowest BCUT2D eigenvalue weighted by molar-refractivity contribution is 0.142. The van der Waals surface area contributed by atoms with Crippen molar-refractivity contribution in [3.05, 3.63) is 30.5 Å². The Kier molecular flexibility index (Phi) is 5.80. The van der Waals surface area contributed by atoms with Crippen molar-refractivity contribution in [1.29, 1.82) is 0 Å². The first-order chi connectivity index (χ1) is 12.7. The largest absolute Gasteiger partial charge is 0.347 e. The number of urea groups is 1. The third-order valence-electron chi connectivity index (χ3n) is 5.32. The molecule has 2 heterocycles. The van der Waals surface area contributed by atoms with E-state index >= 15 is 0 Å². The van der Waals surface area contributed by atoms with Crippen LogP contribution in [0.25, 0.3) is 10.9 Å². The third kappa shape index (κ3) is 4.83. The minimum absolute atomic E-state index is 0.00622. The lowest BCUT2D eigenvalue weighted by atomic mass is 10.1. The van der Waals surface area contributed by atoms with Gasteiger partial charge in [0.15, 0.2) is 0 Å². The summed E-state index contributed by atoms with van der Waals surface area (Å²) in [6, 6.07) is 8.32. The number of aromatic nitrogens is 1. The van der Waals surface area contributed by atoms with Gasteiger partial charge in [-0.15, -0.1) is 0 Å². The molecule has 5 nitrogen and oxygen atoms in total. The molecule has 1 aliphatic heterocycles. The summed E-state index contributed by atoms with van der Waals surface area (Å²) in [5, 5.41) is 4.26. The number of hydrogen-bond acceptors (Lipinski definition) is 2. The Hall–Kier alpha value is -2.01. The summed E-state index contributed by atoms with van der Waals surface area (Å²) in [7, 11) is 0. The second-order valence-corrected chi connectivity index (χ2v) is 9.06. The molecular formula is C22H34N4O. The normalized spacial score (nSPS) is 16.7. The monoisotopic (exact) mass is 370 g/mol. The van der Waals surface area contributed by atoms with E-state index in [0.29, 0.717) is 5.92 Å². The Bertz CT molecular complexity index is 787. The van der Waals surface area contributed by atoms with E-state index in [0.717, 1.165) is 44.8 Å². The van der Waals surface area contributed by atoms with Gasteiger partial charge in [-0.2, -0.15) is 0 Å². The highest BCUT2D eigenvalue weighted by Crippen LogP contribution is 2.22. The second-order valence-electron chi connectivity index (χ2n) is 9.06. The Morgan fingerprint density at radius 3 is 2.59 bits per heavy atom. The number of carbonyl (C=O) groups is 1. The van der Waals surface area contributed by atoms with Crippen LogP contribution < -0.4 is 5.32 Å². The maximum atomic E-state index is 12.8. The van der Waals surface area contributed by atoms with Crippen LogP contribution in [0.15, 0.2) is 30.5 Å². The fourth-order valence-corrected chi connectivity index (χ4v) is 3.82. The quantitative estimate of drug-likeness (QED) is 0.855. The number of anilines is 1. The van der Waals surface area contributed by atoms with Gasteiger partial charge in [0.25, 0.3) is 0 Å². The minimum Gasteiger partial charge on any atom is -0.347 e. The molecule has 2 aromatic rings. The van der Waals surface area contributed by atoms with Gasteiger partial charge in [0.1, 0.15) is 0 Å². The van der Waals surface area contributed by atoms with E-state index in [-0.39, 0.29) is 11.6 Å². The van der Waals surface area contributed by atoms with Crippen LogP contribution >= 0.6 is 0 Å². The second kappa shape index (κ2) is 7.93. The summed E-state index contributed by atoms with van der Waals surface area (Å²) in [4.78, 5) is 17.2. The van der Waals surface area contributed by atoms with Crippen molar-refractivity contribution in [3.63, 3.8) is 0 Å². The van der Waals surface area contributed by atoms with E-state index in [1.165, 1.54) is 10.9 Å². The van der Waals surface area contributed by atoms with Crippen molar-refractivity contribution in [2.75, 3.05) is 31.5 Å².